The Labute approximate surface area is 181 Å². The molecule has 0 fully saturated rings. The molecule has 0 unspecified atom stereocenters. The molecular weight excluding hydrogens is 392 g/mol. The van der Waals surface area contributed by atoms with Crippen LogP contribution in [0.1, 0.15) is 55.6 Å². The molecule has 1 heterocycles. The molecule has 0 spiro atoms. The van der Waals surface area contributed by atoms with E-state index in [1.165, 1.54) is 14.0 Å². The fourth-order valence-corrected chi connectivity index (χ4v) is 4.57. The van der Waals surface area contributed by atoms with Crippen LogP contribution in [0.2, 0.25) is 0 Å². The second kappa shape index (κ2) is 7.69. The summed E-state index contributed by atoms with van der Waals surface area (Å²) < 4.78 is 4.80. The van der Waals surface area contributed by atoms with E-state index in [2.05, 4.69) is 19.2 Å². The molecule has 2 aromatic carbocycles. The first-order valence-electron chi connectivity index (χ1n) is 10.3. The Kier molecular flexibility index (Phi) is 5.17. The Balaban J connectivity index is 1.94. The van der Waals surface area contributed by atoms with Gasteiger partial charge in [0.15, 0.2) is 5.78 Å². The van der Waals surface area contributed by atoms with Gasteiger partial charge in [0.1, 0.15) is 0 Å². The quantitative estimate of drug-likeness (QED) is 0.720. The van der Waals surface area contributed by atoms with Crippen LogP contribution >= 0.6 is 0 Å². The highest BCUT2D eigenvalue weighted by atomic mass is 16.5. The van der Waals surface area contributed by atoms with Crippen molar-refractivity contribution in [1.29, 1.82) is 0 Å². The molecule has 0 saturated carbocycles. The summed E-state index contributed by atoms with van der Waals surface area (Å²) in [6.07, 6.45) is 1.11. The third-order valence-electron chi connectivity index (χ3n) is 5.89. The number of esters is 1. The van der Waals surface area contributed by atoms with E-state index >= 15 is 0 Å². The van der Waals surface area contributed by atoms with E-state index in [9.17, 15) is 14.4 Å². The molecule has 1 amide bonds. The van der Waals surface area contributed by atoms with Crippen molar-refractivity contribution < 1.29 is 19.1 Å². The number of ether oxygens (including phenoxy) is 1. The van der Waals surface area contributed by atoms with Crippen molar-refractivity contribution >= 4 is 29.0 Å². The minimum absolute atomic E-state index is 0.0276. The molecule has 1 N–H and O–H groups in total. The zero-order chi connectivity index (χ0) is 22.3. The van der Waals surface area contributed by atoms with Gasteiger partial charge in [-0.2, -0.15) is 0 Å². The molecule has 1 aliphatic carbocycles. The number of fused-ring (bicyclic) bond motifs is 1. The minimum atomic E-state index is -0.584. The molecule has 1 atom stereocenters. The summed E-state index contributed by atoms with van der Waals surface area (Å²) in [6, 6.07) is 13.9. The number of rotatable bonds is 2. The number of nitrogens with zero attached hydrogens (tertiary/aromatic N) is 1. The van der Waals surface area contributed by atoms with Crippen LogP contribution in [0.5, 0.6) is 0 Å². The van der Waals surface area contributed by atoms with Gasteiger partial charge in [-0.05, 0) is 41.7 Å². The third-order valence-corrected chi connectivity index (χ3v) is 5.89. The van der Waals surface area contributed by atoms with E-state index in [0.29, 0.717) is 24.0 Å². The summed E-state index contributed by atoms with van der Waals surface area (Å²) >= 11 is 0. The molecule has 160 valence electrons. The average molecular weight is 418 g/mol. The van der Waals surface area contributed by atoms with Gasteiger partial charge >= 0.3 is 5.97 Å². The molecule has 0 saturated heterocycles. The van der Waals surface area contributed by atoms with Crippen LogP contribution in [0.25, 0.3) is 0 Å². The number of hydrogen-bond acceptors (Lipinski definition) is 5. The number of methoxy groups -OCH3 is 1. The molecule has 0 aromatic heterocycles. The molecule has 0 radical (unpaired) electrons. The van der Waals surface area contributed by atoms with Gasteiger partial charge in [0.2, 0.25) is 5.91 Å². The van der Waals surface area contributed by atoms with Crippen LogP contribution in [0, 0.1) is 5.41 Å². The number of allylic oxidation sites excluding steroid dienone is 1. The van der Waals surface area contributed by atoms with Crippen molar-refractivity contribution in [2.75, 3.05) is 17.3 Å². The lowest BCUT2D eigenvalue weighted by Crippen LogP contribution is -2.38. The normalized spacial score (nSPS) is 19.7. The lowest BCUT2D eigenvalue weighted by Gasteiger charge is -2.36. The second-order valence-corrected chi connectivity index (χ2v) is 8.88. The maximum absolute atomic E-state index is 13.4. The molecular formula is C25H26N2O4. The molecule has 2 aliphatic rings. The Morgan fingerprint density at radius 2 is 1.74 bits per heavy atom. The first-order chi connectivity index (χ1) is 14.7. The Morgan fingerprint density at radius 1 is 1.06 bits per heavy atom. The van der Waals surface area contributed by atoms with Gasteiger partial charge in [-0.3, -0.25) is 14.5 Å². The Morgan fingerprint density at radius 3 is 2.39 bits per heavy atom. The van der Waals surface area contributed by atoms with Crippen molar-refractivity contribution in [3.63, 3.8) is 0 Å². The number of carbonyl (C=O) groups excluding carboxylic acids is 3. The maximum atomic E-state index is 13.4. The zero-order valence-corrected chi connectivity index (χ0v) is 18.2. The standard InChI is InChI=1S/C25H26N2O4/c1-15(28)27-20-8-6-5-7-18(20)26-19-13-25(2,3)14-21(29)22(19)23(27)16-9-11-17(12-10-16)24(30)31-4/h5-12,23,26H,13-14H2,1-4H3/t23-/m0/s1. The molecule has 6 nitrogen and oxygen atoms in total. The summed E-state index contributed by atoms with van der Waals surface area (Å²) in [5.74, 6) is -0.569. The second-order valence-electron chi connectivity index (χ2n) is 8.88. The monoisotopic (exact) mass is 418 g/mol. The number of nitrogens with one attached hydrogen (secondary N) is 1. The lowest BCUT2D eigenvalue weighted by molar-refractivity contribution is -0.118. The lowest BCUT2D eigenvalue weighted by atomic mass is 9.73. The number of carbonyl (C=O) groups is 3. The summed E-state index contributed by atoms with van der Waals surface area (Å²) in [6.45, 7) is 5.67. The van der Waals surface area contributed by atoms with Gasteiger partial charge < -0.3 is 10.1 Å². The smallest absolute Gasteiger partial charge is 0.337 e. The predicted octanol–water partition coefficient (Wildman–Crippen LogP) is 4.64. The molecule has 4 rings (SSSR count). The van der Waals surface area contributed by atoms with Crippen LogP contribution in [0.4, 0.5) is 11.4 Å². The van der Waals surface area contributed by atoms with E-state index in [-0.39, 0.29) is 17.1 Å². The molecule has 1 aliphatic heterocycles. The molecule has 0 bridgehead atoms. The van der Waals surface area contributed by atoms with Gasteiger partial charge in [0.25, 0.3) is 0 Å². The maximum Gasteiger partial charge on any atom is 0.337 e. The van der Waals surface area contributed by atoms with E-state index < -0.39 is 12.0 Å². The highest BCUT2D eigenvalue weighted by molar-refractivity contribution is 6.06. The van der Waals surface area contributed by atoms with E-state index in [1.54, 1.807) is 29.2 Å². The Hall–Kier alpha value is -3.41. The number of ketones is 1. The average Bonchev–Trinajstić information content (AvgIpc) is 2.86. The van der Waals surface area contributed by atoms with Gasteiger partial charge in [-0.25, -0.2) is 4.79 Å². The summed E-state index contributed by atoms with van der Waals surface area (Å²) in [4.78, 5) is 39.9. The first-order valence-corrected chi connectivity index (χ1v) is 10.3. The van der Waals surface area contributed by atoms with Gasteiger partial charge in [-0.1, -0.05) is 38.1 Å². The van der Waals surface area contributed by atoms with E-state index in [1.807, 2.05) is 24.3 Å². The largest absolute Gasteiger partial charge is 0.465 e. The van der Waals surface area contributed by atoms with Gasteiger partial charge in [-0.15, -0.1) is 0 Å². The minimum Gasteiger partial charge on any atom is -0.465 e. The van der Waals surface area contributed by atoms with Crippen LogP contribution in [-0.2, 0) is 14.3 Å². The molecule has 6 heteroatoms. The van der Waals surface area contributed by atoms with Crippen LogP contribution in [-0.4, -0.2) is 24.8 Å². The van der Waals surface area contributed by atoms with E-state index in [4.69, 9.17) is 4.74 Å². The number of Topliss-reactive ketones (excluding diaryl/α,β-unsaturated/α-hetero) is 1. The highest BCUT2D eigenvalue weighted by Crippen LogP contribution is 2.48. The number of hydrogen-bond donors (Lipinski definition) is 1. The van der Waals surface area contributed by atoms with Crippen molar-refractivity contribution in [1.82, 2.24) is 0 Å². The third kappa shape index (κ3) is 3.74. The van der Waals surface area contributed by atoms with Crippen molar-refractivity contribution in [3.05, 3.63) is 70.9 Å². The summed E-state index contributed by atoms with van der Waals surface area (Å²) in [5.41, 5.74) is 3.97. The topological polar surface area (TPSA) is 75.7 Å². The van der Waals surface area contributed by atoms with Crippen molar-refractivity contribution in [2.45, 2.75) is 39.7 Å². The van der Waals surface area contributed by atoms with E-state index in [0.717, 1.165) is 22.6 Å². The summed E-state index contributed by atoms with van der Waals surface area (Å²) in [7, 11) is 1.33. The number of benzene rings is 2. The number of amides is 1. The SMILES string of the molecule is COC(=O)c1ccc([C@H]2C3=C(CC(C)(C)CC3=O)Nc3ccccc3N2C(C)=O)cc1. The van der Waals surface area contributed by atoms with Gasteiger partial charge in [0.05, 0.1) is 30.1 Å². The first kappa shape index (κ1) is 20.8. The molecule has 2 aromatic rings. The number of anilines is 2. The van der Waals surface area contributed by atoms with Crippen LogP contribution in [0.3, 0.4) is 0 Å². The fraction of sp³-hybridized carbons (Fsp3) is 0.320. The van der Waals surface area contributed by atoms with Gasteiger partial charge in [0, 0.05) is 24.6 Å². The van der Waals surface area contributed by atoms with Crippen LogP contribution in [0.15, 0.2) is 59.8 Å². The Bertz CT molecular complexity index is 1100. The van der Waals surface area contributed by atoms with Crippen molar-refractivity contribution in [3.8, 4) is 0 Å². The predicted molar refractivity (Wildman–Crippen MR) is 119 cm³/mol. The van der Waals surface area contributed by atoms with Crippen LogP contribution < -0.4 is 10.2 Å². The highest BCUT2D eigenvalue weighted by Gasteiger charge is 2.42. The summed E-state index contributed by atoms with van der Waals surface area (Å²) in [5, 5.41) is 3.46. The number of para-hydroxylation sites is 2. The fourth-order valence-electron chi connectivity index (χ4n) is 4.57. The zero-order valence-electron chi connectivity index (χ0n) is 18.2. The molecule has 31 heavy (non-hydrogen) atoms. The van der Waals surface area contributed by atoms with Crippen molar-refractivity contribution in [2.24, 2.45) is 5.41 Å².